The molecule has 2 aromatic carbocycles. The smallest absolute Gasteiger partial charge is 0.294 e. The molecule has 132 valence electrons. The third-order valence-electron chi connectivity index (χ3n) is 3.46. The number of para-hydroxylation sites is 1. The summed E-state index contributed by atoms with van der Waals surface area (Å²) < 4.78 is 5.69. The van der Waals surface area contributed by atoms with E-state index in [1.165, 1.54) is 5.48 Å². The summed E-state index contributed by atoms with van der Waals surface area (Å²) in [6, 6.07) is 16.3. The van der Waals surface area contributed by atoms with Gasteiger partial charge >= 0.3 is 0 Å². The van der Waals surface area contributed by atoms with Crippen LogP contribution in [0.3, 0.4) is 0 Å². The van der Waals surface area contributed by atoms with Crippen molar-refractivity contribution in [2.24, 2.45) is 0 Å². The standard InChI is InChI=1S/C18H14N2O5S/c21-16(19-24)11-20-17(22)15(26-18(20)23)10-12-6-8-14(9-7-12)25-13-4-2-1-3-5-13/h1-10,24H,11H2,(H,19,21)/b15-10-. The molecule has 0 aliphatic carbocycles. The Hall–Kier alpha value is -3.10. The van der Waals surface area contributed by atoms with Crippen LogP contribution in [-0.4, -0.2) is 33.7 Å². The maximum absolute atomic E-state index is 12.2. The van der Waals surface area contributed by atoms with E-state index < -0.39 is 23.6 Å². The summed E-state index contributed by atoms with van der Waals surface area (Å²) in [5.74, 6) is -0.0613. The van der Waals surface area contributed by atoms with E-state index in [1.54, 1.807) is 30.3 Å². The Kier molecular flexibility index (Phi) is 5.35. The van der Waals surface area contributed by atoms with Crippen molar-refractivity contribution in [3.63, 3.8) is 0 Å². The van der Waals surface area contributed by atoms with Crippen LogP contribution in [0, 0.1) is 0 Å². The number of hydroxylamine groups is 1. The van der Waals surface area contributed by atoms with Crippen LogP contribution in [0.5, 0.6) is 11.5 Å². The number of hydrogen-bond acceptors (Lipinski definition) is 6. The second-order valence-corrected chi connectivity index (χ2v) is 6.28. The van der Waals surface area contributed by atoms with Gasteiger partial charge in [-0.2, -0.15) is 0 Å². The van der Waals surface area contributed by atoms with E-state index in [0.29, 0.717) is 17.1 Å². The normalized spacial score (nSPS) is 15.4. The lowest BCUT2D eigenvalue weighted by Crippen LogP contribution is -2.38. The van der Waals surface area contributed by atoms with E-state index in [1.807, 2.05) is 30.3 Å². The Morgan fingerprint density at radius 3 is 2.38 bits per heavy atom. The molecule has 3 rings (SSSR count). The fourth-order valence-corrected chi connectivity index (χ4v) is 3.06. The number of thioether (sulfide) groups is 1. The summed E-state index contributed by atoms with van der Waals surface area (Å²) in [7, 11) is 0. The molecule has 0 bridgehead atoms. The number of amides is 3. The lowest BCUT2D eigenvalue weighted by Gasteiger charge is -2.09. The molecule has 0 atom stereocenters. The summed E-state index contributed by atoms with van der Waals surface area (Å²) in [4.78, 5) is 36.2. The number of hydrogen-bond donors (Lipinski definition) is 2. The molecule has 1 aliphatic heterocycles. The zero-order chi connectivity index (χ0) is 18.5. The predicted octanol–water partition coefficient (Wildman–Crippen LogP) is 3.02. The zero-order valence-electron chi connectivity index (χ0n) is 13.4. The van der Waals surface area contributed by atoms with Crippen LogP contribution >= 0.6 is 11.8 Å². The summed E-state index contributed by atoms with van der Waals surface area (Å²) in [6.07, 6.45) is 1.56. The Labute approximate surface area is 153 Å². The van der Waals surface area contributed by atoms with Gasteiger partial charge in [0.1, 0.15) is 18.0 Å². The van der Waals surface area contributed by atoms with E-state index >= 15 is 0 Å². The second-order valence-electron chi connectivity index (χ2n) is 5.29. The predicted molar refractivity (Wildman–Crippen MR) is 95.6 cm³/mol. The summed E-state index contributed by atoms with van der Waals surface area (Å²) >= 11 is 0.742. The average molecular weight is 370 g/mol. The number of nitrogens with zero attached hydrogens (tertiary/aromatic N) is 1. The van der Waals surface area contributed by atoms with E-state index in [9.17, 15) is 14.4 Å². The minimum Gasteiger partial charge on any atom is -0.457 e. The lowest BCUT2D eigenvalue weighted by atomic mass is 10.2. The number of ether oxygens (including phenoxy) is 1. The van der Waals surface area contributed by atoms with Crippen molar-refractivity contribution >= 4 is 34.9 Å². The molecule has 26 heavy (non-hydrogen) atoms. The van der Waals surface area contributed by atoms with Crippen molar-refractivity contribution in [3.05, 3.63) is 65.1 Å². The van der Waals surface area contributed by atoms with E-state index in [4.69, 9.17) is 9.94 Å². The van der Waals surface area contributed by atoms with Crippen molar-refractivity contribution in [1.82, 2.24) is 10.4 Å². The highest BCUT2D eigenvalue weighted by Crippen LogP contribution is 2.32. The molecule has 2 aromatic rings. The Morgan fingerprint density at radius 1 is 1.08 bits per heavy atom. The van der Waals surface area contributed by atoms with Crippen molar-refractivity contribution in [2.45, 2.75) is 0 Å². The van der Waals surface area contributed by atoms with Gasteiger partial charge in [-0.3, -0.25) is 24.5 Å². The highest BCUT2D eigenvalue weighted by atomic mass is 32.2. The number of carbonyl (C=O) groups excluding carboxylic acids is 3. The summed E-state index contributed by atoms with van der Waals surface area (Å²) in [5, 5.41) is 7.96. The molecule has 1 fully saturated rings. The molecule has 2 N–H and O–H groups in total. The van der Waals surface area contributed by atoms with Crippen LogP contribution in [0.15, 0.2) is 59.5 Å². The number of carbonyl (C=O) groups is 3. The lowest BCUT2D eigenvalue weighted by molar-refractivity contribution is -0.134. The number of rotatable bonds is 5. The largest absolute Gasteiger partial charge is 0.457 e. The second kappa shape index (κ2) is 7.85. The zero-order valence-corrected chi connectivity index (χ0v) is 14.2. The number of nitrogens with one attached hydrogen (secondary N) is 1. The highest BCUT2D eigenvalue weighted by Gasteiger charge is 2.36. The van der Waals surface area contributed by atoms with Crippen LogP contribution in [0.1, 0.15) is 5.56 Å². The third-order valence-corrected chi connectivity index (χ3v) is 4.36. The van der Waals surface area contributed by atoms with Crippen LogP contribution in [0.4, 0.5) is 4.79 Å². The van der Waals surface area contributed by atoms with Gasteiger partial charge < -0.3 is 4.74 Å². The number of benzene rings is 2. The van der Waals surface area contributed by atoms with Gasteiger partial charge in [-0.1, -0.05) is 30.3 Å². The van der Waals surface area contributed by atoms with Gasteiger partial charge in [0.05, 0.1) is 4.91 Å². The quantitative estimate of drug-likeness (QED) is 0.477. The topological polar surface area (TPSA) is 95.9 Å². The molecular weight excluding hydrogens is 356 g/mol. The molecular formula is C18H14N2O5S. The molecule has 0 saturated carbocycles. The average Bonchev–Trinajstić information content (AvgIpc) is 2.91. The molecule has 1 saturated heterocycles. The fourth-order valence-electron chi connectivity index (χ4n) is 2.22. The highest BCUT2D eigenvalue weighted by molar-refractivity contribution is 8.18. The molecule has 1 aliphatic rings. The van der Waals surface area contributed by atoms with Gasteiger partial charge in [-0.15, -0.1) is 0 Å². The van der Waals surface area contributed by atoms with Crippen LogP contribution in [0.2, 0.25) is 0 Å². The summed E-state index contributed by atoms with van der Waals surface area (Å²) in [5.41, 5.74) is 2.11. The first kappa shape index (κ1) is 17.7. The molecule has 0 unspecified atom stereocenters. The van der Waals surface area contributed by atoms with Crippen molar-refractivity contribution in [3.8, 4) is 11.5 Å². The maximum Gasteiger partial charge on any atom is 0.294 e. The molecule has 3 amide bonds. The van der Waals surface area contributed by atoms with Gasteiger partial charge in [0.15, 0.2) is 0 Å². The fraction of sp³-hybridized carbons (Fsp3) is 0.0556. The Balaban J connectivity index is 1.71. The van der Waals surface area contributed by atoms with Gasteiger partial charge in [0, 0.05) is 0 Å². The van der Waals surface area contributed by atoms with Crippen molar-refractivity contribution < 1.29 is 24.3 Å². The molecule has 0 radical (unpaired) electrons. The maximum atomic E-state index is 12.2. The molecule has 8 heteroatoms. The van der Waals surface area contributed by atoms with Gasteiger partial charge in [0.25, 0.3) is 17.1 Å². The molecule has 7 nitrogen and oxygen atoms in total. The van der Waals surface area contributed by atoms with Crippen molar-refractivity contribution in [1.29, 1.82) is 0 Å². The van der Waals surface area contributed by atoms with E-state index in [2.05, 4.69) is 0 Å². The van der Waals surface area contributed by atoms with Crippen LogP contribution in [0.25, 0.3) is 6.08 Å². The first-order valence-corrected chi connectivity index (χ1v) is 8.40. The molecule has 0 aromatic heterocycles. The van der Waals surface area contributed by atoms with Gasteiger partial charge in [0.2, 0.25) is 0 Å². The minimum absolute atomic E-state index is 0.206. The SMILES string of the molecule is O=C(CN1C(=O)S/C(=C\c2ccc(Oc3ccccc3)cc2)C1=O)NO. The monoisotopic (exact) mass is 370 g/mol. The summed E-state index contributed by atoms with van der Waals surface area (Å²) in [6.45, 7) is -0.525. The van der Waals surface area contributed by atoms with Crippen LogP contribution < -0.4 is 10.2 Å². The number of imide groups is 1. The van der Waals surface area contributed by atoms with Crippen LogP contribution in [-0.2, 0) is 9.59 Å². The van der Waals surface area contributed by atoms with E-state index in [-0.39, 0.29) is 4.91 Å². The van der Waals surface area contributed by atoms with Crippen molar-refractivity contribution in [2.75, 3.05) is 6.54 Å². The van der Waals surface area contributed by atoms with E-state index in [0.717, 1.165) is 16.7 Å². The van der Waals surface area contributed by atoms with Gasteiger partial charge in [-0.05, 0) is 47.7 Å². The van der Waals surface area contributed by atoms with Gasteiger partial charge in [-0.25, -0.2) is 5.48 Å². The molecule has 0 spiro atoms. The Morgan fingerprint density at radius 2 is 1.73 bits per heavy atom. The first-order chi connectivity index (χ1) is 12.6. The minimum atomic E-state index is -0.837. The Bertz CT molecular complexity index is 865. The first-order valence-electron chi connectivity index (χ1n) is 7.58. The molecule has 1 heterocycles. The third kappa shape index (κ3) is 4.11.